The van der Waals surface area contributed by atoms with Gasteiger partial charge in [0.15, 0.2) is 5.88 Å². The van der Waals surface area contributed by atoms with E-state index in [1.54, 1.807) is 18.4 Å². The van der Waals surface area contributed by atoms with Crippen molar-refractivity contribution in [3.63, 3.8) is 0 Å². The maximum Gasteiger partial charge on any atom is 0.199 e. The Morgan fingerprint density at radius 1 is 1.07 bits per heavy atom. The highest BCUT2D eigenvalue weighted by molar-refractivity contribution is 5.91. The first-order valence-electron chi connectivity index (χ1n) is 8.86. The van der Waals surface area contributed by atoms with Crippen LogP contribution in [0.1, 0.15) is 19.5 Å². The predicted octanol–water partition coefficient (Wildman–Crippen LogP) is 3.67. The summed E-state index contributed by atoms with van der Waals surface area (Å²) in [7, 11) is 0. The molecule has 0 amide bonds. The molecule has 0 atom stereocenters. The first-order chi connectivity index (χ1) is 12.8. The monoisotopic (exact) mass is 362 g/mol. The molecule has 0 unspecified atom stereocenters. The predicted molar refractivity (Wildman–Crippen MR) is 105 cm³/mol. The molecule has 0 bridgehead atoms. The van der Waals surface area contributed by atoms with Crippen LogP contribution in [0.15, 0.2) is 54.7 Å². The number of fused-ring (bicyclic) bond motifs is 1. The lowest BCUT2D eigenvalue weighted by molar-refractivity contribution is 0.0594. The van der Waals surface area contributed by atoms with Gasteiger partial charge in [0, 0.05) is 22.5 Å². The first-order valence-corrected chi connectivity index (χ1v) is 8.86. The van der Waals surface area contributed by atoms with Crippen molar-refractivity contribution in [3.05, 3.63) is 60.4 Å². The number of para-hydroxylation sites is 1. The second-order valence-electron chi connectivity index (χ2n) is 7.47. The van der Waals surface area contributed by atoms with E-state index in [1.165, 1.54) is 0 Å². The van der Waals surface area contributed by atoms with Crippen molar-refractivity contribution in [1.82, 2.24) is 19.6 Å². The fourth-order valence-electron chi connectivity index (χ4n) is 3.35. The quantitative estimate of drug-likeness (QED) is 0.581. The number of nitrogens with zero attached hydrogens (tertiary/aromatic N) is 4. The molecule has 6 heteroatoms. The summed E-state index contributed by atoms with van der Waals surface area (Å²) in [6, 6.07) is 15.7. The van der Waals surface area contributed by atoms with Gasteiger partial charge in [0.25, 0.3) is 0 Å². The molecule has 2 N–H and O–H groups in total. The molecule has 2 heterocycles. The second kappa shape index (κ2) is 6.25. The Balaban J connectivity index is 1.76. The number of aromatic nitrogens is 4. The molecular weight excluding hydrogens is 340 g/mol. The third kappa shape index (κ3) is 3.19. The van der Waals surface area contributed by atoms with E-state index in [-0.39, 0.29) is 5.88 Å². The zero-order valence-electron chi connectivity index (χ0n) is 15.6. The van der Waals surface area contributed by atoms with Crippen molar-refractivity contribution in [2.24, 2.45) is 0 Å². The van der Waals surface area contributed by atoms with Gasteiger partial charge in [-0.2, -0.15) is 0 Å². The molecule has 4 rings (SSSR count). The molecule has 0 aliphatic carbocycles. The van der Waals surface area contributed by atoms with Gasteiger partial charge in [-0.3, -0.25) is 0 Å². The van der Waals surface area contributed by atoms with E-state index >= 15 is 0 Å². The Morgan fingerprint density at radius 3 is 2.52 bits per heavy atom. The van der Waals surface area contributed by atoms with Crippen LogP contribution in [-0.2, 0) is 6.54 Å². The largest absolute Gasteiger partial charge is 0.494 e. The van der Waals surface area contributed by atoms with E-state index in [2.05, 4.69) is 10.3 Å². The van der Waals surface area contributed by atoms with Crippen LogP contribution in [0.2, 0.25) is 0 Å². The van der Waals surface area contributed by atoms with Crippen molar-refractivity contribution < 1.29 is 10.2 Å². The molecule has 138 valence electrons. The smallest absolute Gasteiger partial charge is 0.199 e. The van der Waals surface area contributed by atoms with Crippen LogP contribution in [-0.4, -0.2) is 35.4 Å². The molecule has 2 aromatic carbocycles. The molecule has 0 radical (unpaired) electrons. The van der Waals surface area contributed by atoms with Gasteiger partial charge in [0.05, 0.1) is 23.5 Å². The molecular formula is C21H22N4O2. The maximum absolute atomic E-state index is 10.4. The van der Waals surface area contributed by atoms with Crippen molar-refractivity contribution >= 4 is 10.8 Å². The van der Waals surface area contributed by atoms with Crippen LogP contribution < -0.4 is 0 Å². The van der Waals surface area contributed by atoms with Crippen LogP contribution in [0.4, 0.5) is 0 Å². The van der Waals surface area contributed by atoms with Crippen LogP contribution in [0.5, 0.6) is 5.88 Å². The van der Waals surface area contributed by atoms with Gasteiger partial charge in [-0.15, -0.1) is 5.10 Å². The average molecular weight is 362 g/mol. The van der Waals surface area contributed by atoms with E-state index < -0.39 is 5.60 Å². The van der Waals surface area contributed by atoms with Crippen molar-refractivity contribution in [2.45, 2.75) is 32.9 Å². The third-order valence-corrected chi connectivity index (χ3v) is 4.59. The maximum atomic E-state index is 10.4. The minimum Gasteiger partial charge on any atom is -0.494 e. The van der Waals surface area contributed by atoms with E-state index in [1.807, 2.05) is 66.3 Å². The summed E-state index contributed by atoms with van der Waals surface area (Å²) in [5.41, 5.74) is 2.73. The van der Waals surface area contributed by atoms with E-state index in [0.717, 1.165) is 33.4 Å². The molecule has 4 aromatic rings. The summed E-state index contributed by atoms with van der Waals surface area (Å²) >= 11 is 0. The Hall–Kier alpha value is -3.12. The molecule has 0 saturated heterocycles. The van der Waals surface area contributed by atoms with Crippen molar-refractivity contribution in [1.29, 1.82) is 0 Å². The van der Waals surface area contributed by atoms with Crippen molar-refractivity contribution in [3.8, 4) is 22.8 Å². The first kappa shape index (κ1) is 17.3. The molecule has 2 aromatic heterocycles. The number of aromatic hydroxyl groups is 1. The van der Waals surface area contributed by atoms with Crippen LogP contribution in [0, 0.1) is 6.92 Å². The fourth-order valence-corrected chi connectivity index (χ4v) is 3.35. The molecule has 0 aliphatic rings. The summed E-state index contributed by atoms with van der Waals surface area (Å²) in [4.78, 5) is 0. The number of aliphatic hydroxyl groups is 1. The lowest BCUT2D eigenvalue weighted by atomic mass is 10.1. The minimum absolute atomic E-state index is 0.156. The summed E-state index contributed by atoms with van der Waals surface area (Å²) in [5, 5.41) is 30.8. The normalized spacial score (nSPS) is 12.0. The molecule has 0 aliphatic heterocycles. The highest BCUT2D eigenvalue weighted by Gasteiger charge is 2.18. The van der Waals surface area contributed by atoms with Crippen LogP contribution in [0.25, 0.3) is 27.7 Å². The van der Waals surface area contributed by atoms with Crippen molar-refractivity contribution in [2.75, 3.05) is 0 Å². The summed E-state index contributed by atoms with van der Waals surface area (Å²) < 4.78 is 3.48. The highest BCUT2D eigenvalue weighted by Crippen LogP contribution is 2.32. The van der Waals surface area contributed by atoms with E-state index in [4.69, 9.17) is 0 Å². The lowest BCUT2D eigenvalue weighted by Crippen LogP contribution is -2.25. The summed E-state index contributed by atoms with van der Waals surface area (Å²) in [6.45, 7) is 5.73. The average Bonchev–Trinajstić information content (AvgIpc) is 3.14. The highest BCUT2D eigenvalue weighted by atomic mass is 16.3. The van der Waals surface area contributed by atoms with Crippen LogP contribution >= 0.6 is 0 Å². The Labute approximate surface area is 157 Å². The van der Waals surface area contributed by atoms with Gasteiger partial charge in [-0.1, -0.05) is 29.5 Å². The summed E-state index contributed by atoms with van der Waals surface area (Å²) in [5.74, 6) is 0.156. The fraction of sp³-hybridized carbons (Fsp3) is 0.238. The zero-order chi connectivity index (χ0) is 19.2. The molecule has 0 fully saturated rings. The lowest BCUT2D eigenvalue weighted by Gasteiger charge is -2.18. The van der Waals surface area contributed by atoms with Gasteiger partial charge >= 0.3 is 0 Å². The Morgan fingerprint density at radius 2 is 1.81 bits per heavy atom. The SMILES string of the molecule is Cc1c(-c2ccc3c(O)n(CC(C)(C)O)cc3c2)nnn1-c1ccccc1. The van der Waals surface area contributed by atoms with E-state index in [9.17, 15) is 10.2 Å². The standard InChI is InChI=1S/C21H22N4O2/c1-14-19(22-23-25(14)17-7-5-4-6-8-17)15-9-10-18-16(11-15)12-24(20(18)26)13-21(2,3)27/h4-12,26-27H,13H2,1-3H3. The number of benzene rings is 2. The van der Waals surface area contributed by atoms with Gasteiger partial charge in [0.2, 0.25) is 0 Å². The number of hydrogen-bond donors (Lipinski definition) is 2. The molecule has 6 nitrogen and oxygen atoms in total. The van der Waals surface area contributed by atoms with Gasteiger partial charge < -0.3 is 14.8 Å². The third-order valence-electron chi connectivity index (χ3n) is 4.59. The van der Waals surface area contributed by atoms with Gasteiger partial charge in [-0.25, -0.2) is 4.68 Å². The number of hydrogen-bond acceptors (Lipinski definition) is 4. The molecule has 27 heavy (non-hydrogen) atoms. The van der Waals surface area contributed by atoms with E-state index in [0.29, 0.717) is 6.54 Å². The number of rotatable bonds is 4. The van der Waals surface area contributed by atoms with Gasteiger partial charge in [-0.05, 0) is 45.0 Å². The second-order valence-corrected chi connectivity index (χ2v) is 7.47. The Bertz CT molecular complexity index is 1100. The minimum atomic E-state index is -0.912. The molecule has 0 spiro atoms. The molecule has 0 saturated carbocycles. The summed E-state index contributed by atoms with van der Waals surface area (Å²) in [6.07, 6.45) is 1.85. The topological polar surface area (TPSA) is 76.1 Å². The van der Waals surface area contributed by atoms with Gasteiger partial charge in [0.1, 0.15) is 5.69 Å². The Kier molecular flexibility index (Phi) is 4.00. The zero-order valence-corrected chi connectivity index (χ0v) is 15.6. The van der Waals surface area contributed by atoms with Crippen LogP contribution in [0.3, 0.4) is 0 Å².